The highest BCUT2D eigenvalue weighted by Crippen LogP contribution is 2.42. The number of amides is 2. The topological polar surface area (TPSA) is 212 Å². The number of nitrogens with one attached hydrogen (secondary N) is 2. The molecule has 0 aromatic heterocycles. The maximum absolute atomic E-state index is 11.9. The predicted molar refractivity (Wildman–Crippen MR) is 124 cm³/mol. The van der Waals surface area contributed by atoms with E-state index in [1.807, 2.05) is 0 Å². The quantitative estimate of drug-likeness (QED) is 0.237. The van der Waals surface area contributed by atoms with Crippen LogP contribution in [0.4, 0.5) is 22.7 Å². The molecular formula is C20H18N4O9S2. The molecule has 3 aromatic carbocycles. The summed E-state index contributed by atoms with van der Waals surface area (Å²) in [7, 11) is -9.47. The Morgan fingerprint density at radius 1 is 0.829 bits per heavy atom. The minimum atomic E-state index is -4.82. The summed E-state index contributed by atoms with van der Waals surface area (Å²) in [5.41, 5.74) is -0.429. The highest BCUT2D eigenvalue weighted by atomic mass is 32.2. The van der Waals surface area contributed by atoms with E-state index in [1.54, 1.807) is 0 Å². The second-order valence-corrected chi connectivity index (χ2v) is 10.0. The second-order valence-electron chi connectivity index (χ2n) is 7.20. The number of azo groups is 1. The van der Waals surface area contributed by atoms with Crippen LogP contribution in [0.25, 0.3) is 10.8 Å². The number of hydrogen-bond acceptors (Lipinski definition) is 9. The molecule has 0 fully saturated rings. The van der Waals surface area contributed by atoms with Gasteiger partial charge in [-0.2, -0.15) is 16.8 Å². The first-order chi connectivity index (χ1) is 16.2. The minimum absolute atomic E-state index is 0.0342. The van der Waals surface area contributed by atoms with Gasteiger partial charge in [0.1, 0.15) is 22.0 Å². The molecule has 0 atom stereocenters. The molecule has 0 heterocycles. The molecule has 3 rings (SSSR count). The molecule has 184 valence electrons. The summed E-state index contributed by atoms with van der Waals surface area (Å²) in [6.45, 7) is 2.40. The SMILES string of the molecule is CC(=O)Nc1ccc(N=Nc2c(NC(C)=O)ccc3cc(S(=O)(=O)O)cc(O)c23)c(S(=O)(=O)O)c1. The maximum Gasteiger partial charge on any atom is 0.296 e. The van der Waals surface area contributed by atoms with E-state index in [9.17, 15) is 40.6 Å². The number of fused-ring (bicyclic) bond motifs is 1. The fourth-order valence-corrected chi connectivity index (χ4v) is 4.32. The van der Waals surface area contributed by atoms with E-state index in [1.165, 1.54) is 32.0 Å². The molecule has 0 radical (unpaired) electrons. The van der Waals surface area contributed by atoms with Crippen molar-refractivity contribution in [3.63, 3.8) is 0 Å². The lowest BCUT2D eigenvalue weighted by atomic mass is 10.1. The number of anilines is 2. The van der Waals surface area contributed by atoms with Crippen molar-refractivity contribution in [2.75, 3.05) is 10.6 Å². The molecule has 0 saturated heterocycles. The van der Waals surface area contributed by atoms with Crippen LogP contribution in [-0.2, 0) is 29.8 Å². The maximum atomic E-state index is 11.9. The van der Waals surface area contributed by atoms with E-state index >= 15 is 0 Å². The van der Waals surface area contributed by atoms with Gasteiger partial charge in [-0.25, -0.2) is 0 Å². The van der Waals surface area contributed by atoms with Gasteiger partial charge in [-0.05, 0) is 35.7 Å². The molecule has 15 heteroatoms. The lowest BCUT2D eigenvalue weighted by Gasteiger charge is -2.12. The van der Waals surface area contributed by atoms with Gasteiger partial charge in [0.05, 0.1) is 16.0 Å². The first-order valence-electron chi connectivity index (χ1n) is 9.52. The third-order valence-electron chi connectivity index (χ3n) is 4.47. The van der Waals surface area contributed by atoms with E-state index in [4.69, 9.17) is 0 Å². The molecule has 0 saturated carbocycles. The van der Waals surface area contributed by atoms with Crippen LogP contribution >= 0.6 is 0 Å². The Hall–Kier alpha value is -3.92. The Balaban J connectivity index is 2.26. The zero-order valence-electron chi connectivity index (χ0n) is 18.0. The number of benzene rings is 3. The number of hydrogen-bond donors (Lipinski definition) is 5. The van der Waals surface area contributed by atoms with E-state index in [0.717, 1.165) is 24.3 Å². The minimum Gasteiger partial charge on any atom is -0.507 e. The molecule has 0 aliphatic rings. The third-order valence-corrected chi connectivity index (χ3v) is 6.18. The molecule has 13 nitrogen and oxygen atoms in total. The average molecular weight is 523 g/mol. The van der Waals surface area contributed by atoms with Crippen molar-refractivity contribution in [3.05, 3.63) is 42.5 Å². The van der Waals surface area contributed by atoms with Gasteiger partial charge in [0.15, 0.2) is 0 Å². The van der Waals surface area contributed by atoms with Crippen molar-refractivity contribution in [3.8, 4) is 5.75 Å². The number of carbonyl (C=O) groups is 2. The van der Waals surface area contributed by atoms with Crippen LogP contribution in [-0.4, -0.2) is 42.9 Å². The molecule has 2 amide bonds. The van der Waals surface area contributed by atoms with Crippen LogP contribution in [0.3, 0.4) is 0 Å². The molecule has 5 N–H and O–H groups in total. The largest absolute Gasteiger partial charge is 0.507 e. The van der Waals surface area contributed by atoms with Gasteiger partial charge in [-0.1, -0.05) is 6.07 Å². The van der Waals surface area contributed by atoms with Gasteiger partial charge >= 0.3 is 0 Å². The van der Waals surface area contributed by atoms with Gasteiger partial charge in [0, 0.05) is 25.6 Å². The highest BCUT2D eigenvalue weighted by Gasteiger charge is 2.20. The second kappa shape index (κ2) is 9.38. The summed E-state index contributed by atoms with van der Waals surface area (Å²) >= 11 is 0. The lowest BCUT2D eigenvalue weighted by molar-refractivity contribution is -0.115. The standard InChI is InChI=1S/C20H18N4O9S2/c1-10(25)21-13-4-6-15(18(8-13)35(31,32)33)23-24-20-16(22-11(2)26)5-3-12-7-14(34(28,29)30)9-17(27)19(12)20/h3-9,27H,1-2H3,(H,21,25)(H,22,26)(H,28,29,30)(H,31,32,33). The number of phenols is 1. The van der Waals surface area contributed by atoms with Crippen LogP contribution in [0.1, 0.15) is 13.8 Å². The first kappa shape index (κ1) is 25.7. The summed E-state index contributed by atoms with van der Waals surface area (Å²) in [6, 6.07) is 7.90. The normalized spacial score (nSPS) is 12.1. The summed E-state index contributed by atoms with van der Waals surface area (Å²) in [6.07, 6.45) is 0. The van der Waals surface area contributed by atoms with E-state index < -0.39 is 47.6 Å². The number of aromatic hydroxyl groups is 1. The Labute approximate surface area is 199 Å². The van der Waals surface area contributed by atoms with Crippen molar-refractivity contribution in [1.29, 1.82) is 0 Å². The van der Waals surface area contributed by atoms with Crippen LogP contribution in [0.15, 0.2) is 62.5 Å². The first-order valence-corrected chi connectivity index (χ1v) is 12.4. The molecule has 0 aliphatic heterocycles. The van der Waals surface area contributed by atoms with Crippen LogP contribution in [0.2, 0.25) is 0 Å². The van der Waals surface area contributed by atoms with Crippen molar-refractivity contribution in [1.82, 2.24) is 0 Å². The summed E-state index contributed by atoms with van der Waals surface area (Å²) < 4.78 is 65.7. The summed E-state index contributed by atoms with van der Waals surface area (Å²) in [5, 5.41) is 23.1. The van der Waals surface area contributed by atoms with Crippen molar-refractivity contribution >= 4 is 65.6 Å². The van der Waals surface area contributed by atoms with Gasteiger partial charge in [-0.15, -0.1) is 10.2 Å². The van der Waals surface area contributed by atoms with Crippen LogP contribution in [0.5, 0.6) is 5.75 Å². The molecule has 3 aromatic rings. The van der Waals surface area contributed by atoms with E-state index in [-0.39, 0.29) is 33.5 Å². The lowest BCUT2D eigenvalue weighted by Crippen LogP contribution is -2.07. The van der Waals surface area contributed by atoms with Gasteiger partial charge in [0.2, 0.25) is 11.8 Å². The molecule has 0 spiro atoms. The van der Waals surface area contributed by atoms with Crippen molar-refractivity contribution in [2.24, 2.45) is 10.2 Å². The zero-order valence-corrected chi connectivity index (χ0v) is 19.7. The Bertz CT molecular complexity index is 1620. The number of rotatable bonds is 6. The smallest absolute Gasteiger partial charge is 0.296 e. The monoisotopic (exact) mass is 522 g/mol. The van der Waals surface area contributed by atoms with Gasteiger partial charge in [-0.3, -0.25) is 18.7 Å². The zero-order chi connectivity index (χ0) is 26.1. The predicted octanol–water partition coefficient (Wildman–Crippen LogP) is 3.37. The van der Waals surface area contributed by atoms with Gasteiger partial charge < -0.3 is 15.7 Å². The van der Waals surface area contributed by atoms with Crippen LogP contribution in [0, 0.1) is 0 Å². The third kappa shape index (κ3) is 5.96. The number of phenolic OH excluding ortho intramolecular Hbond substituents is 1. The molecule has 35 heavy (non-hydrogen) atoms. The average Bonchev–Trinajstić information content (AvgIpc) is 2.71. The Kier molecular flexibility index (Phi) is 6.89. The van der Waals surface area contributed by atoms with Crippen molar-refractivity contribution in [2.45, 2.75) is 23.6 Å². The molecule has 0 bridgehead atoms. The fourth-order valence-electron chi connectivity index (χ4n) is 3.13. The summed E-state index contributed by atoms with van der Waals surface area (Å²) in [5.74, 6) is -1.64. The van der Waals surface area contributed by atoms with E-state index in [0.29, 0.717) is 0 Å². The molecular weight excluding hydrogens is 504 g/mol. The van der Waals surface area contributed by atoms with Gasteiger partial charge in [0.25, 0.3) is 20.2 Å². The number of nitrogens with zero attached hydrogens (tertiary/aromatic N) is 2. The highest BCUT2D eigenvalue weighted by molar-refractivity contribution is 7.86. The fraction of sp³-hybridized carbons (Fsp3) is 0.100. The Morgan fingerprint density at radius 3 is 2.06 bits per heavy atom. The Morgan fingerprint density at radius 2 is 1.49 bits per heavy atom. The molecule has 0 aliphatic carbocycles. The van der Waals surface area contributed by atoms with Crippen LogP contribution < -0.4 is 10.6 Å². The van der Waals surface area contributed by atoms with E-state index in [2.05, 4.69) is 20.9 Å². The van der Waals surface area contributed by atoms with Crippen molar-refractivity contribution < 1.29 is 40.6 Å². The molecule has 0 unspecified atom stereocenters. The number of carbonyl (C=O) groups excluding carboxylic acids is 2. The summed E-state index contributed by atoms with van der Waals surface area (Å²) in [4.78, 5) is 21.6.